The van der Waals surface area contributed by atoms with Crippen molar-refractivity contribution in [3.05, 3.63) is 63.3 Å². The van der Waals surface area contributed by atoms with E-state index < -0.39 is 0 Å². The Morgan fingerprint density at radius 1 is 1.21 bits per heavy atom. The third-order valence-corrected chi connectivity index (χ3v) is 5.76. The number of amides is 1. The van der Waals surface area contributed by atoms with Crippen molar-refractivity contribution < 1.29 is 4.79 Å². The van der Waals surface area contributed by atoms with Gasteiger partial charge in [-0.15, -0.1) is 0 Å². The summed E-state index contributed by atoms with van der Waals surface area (Å²) in [6, 6.07) is 9.94. The van der Waals surface area contributed by atoms with Crippen LogP contribution in [0.15, 0.2) is 35.1 Å². The summed E-state index contributed by atoms with van der Waals surface area (Å²) >= 11 is 0. The molecule has 1 unspecified atom stereocenters. The van der Waals surface area contributed by atoms with Gasteiger partial charge >= 0.3 is 0 Å². The van der Waals surface area contributed by atoms with Crippen LogP contribution >= 0.6 is 0 Å². The fraction of sp³-hybridized carbons (Fsp3) is 0.500. The molecule has 3 heterocycles. The summed E-state index contributed by atoms with van der Waals surface area (Å²) in [4.78, 5) is 34.9. The highest BCUT2D eigenvalue weighted by atomic mass is 16.2. The van der Waals surface area contributed by atoms with E-state index in [1.54, 1.807) is 0 Å². The first-order valence-corrected chi connectivity index (χ1v) is 10.1. The fourth-order valence-corrected chi connectivity index (χ4v) is 4.41. The predicted molar refractivity (Wildman–Crippen MR) is 108 cm³/mol. The Balaban J connectivity index is 1.60. The lowest BCUT2D eigenvalue weighted by molar-refractivity contribution is -0.131. The maximum absolute atomic E-state index is 13.3. The van der Waals surface area contributed by atoms with Gasteiger partial charge < -0.3 is 9.80 Å². The van der Waals surface area contributed by atoms with Gasteiger partial charge in [0.1, 0.15) is 5.82 Å². The quantitative estimate of drug-likeness (QED) is 0.812. The zero-order valence-electron chi connectivity index (χ0n) is 16.7. The Hall–Kier alpha value is -2.47. The maximum Gasteiger partial charge on any atom is 0.259 e. The molecule has 1 amide bonds. The molecule has 1 aromatic carbocycles. The number of aryl methyl sites for hydroxylation is 1. The molecule has 1 atom stereocenters. The Morgan fingerprint density at radius 2 is 2.00 bits per heavy atom. The van der Waals surface area contributed by atoms with Crippen LogP contribution in [-0.2, 0) is 30.6 Å². The van der Waals surface area contributed by atoms with E-state index in [0.29, 0.717) is 31.5 Å². The highest BCUT2D eigenvalue weighted by molar-refractivity contribution is 5.79. The van der Waals surface area contributed by atoms with Gasteiger partial charge in [0.05, 0.1) is 30.3 Å². The minimum absolute atomic E-state index is 0.0590. The van der Waals surface area contributed by atoms with Crippen LogP contribution in [0.2, 0.25) is 0 Å². The van der Waals surface area contributed by atoms with Crippen molar-refractivity contribution in [2.24, 2.45) is 0 Å². The average Bonchev–Trinajstić information content (AvgIpc) is 2.68. The van der Waals surface area contributed by atoms with Gasteiger partial charge in [0.25, 0.3) is 5.56 Å². The minimum Gasteiger partial charge on any atom is -0.337 e. The highest BCUT2D eigenvalue weighted by Crippen LogP contribution is 2.25. The predicted octanol–water partition coefficient (Wildman–Crippen LogP) is 1.81. The molecule has 4 rings (SSSR count). The number of benzene rings is 1. The number of likely N-dealkylation sites (N-methyl/N-ethyl adjacent to an activating group) is 1. The lowest BCUT2D eigenvalue weighted by atomic mass is 10.00. The van der Waals surface area contributed by atoms with Crippen LogP contribution in [0.4, 0.5) is 0 Å². The highest BCUT2D eigenvalue weighted by Gasteiger charge is 2.30. The van der Waals surface area contributed by atoms with Crippen molar-refractivity contribution in [3.63, 3.8) is 0 Å². The first-order valence-electron chi connectivity index (χ1n) is 10.1. The largest absolute Gasteiger partial charge is 0.337 e. The van der Waals surface area contributed by atoms with Gasteiger partial charge in [0.15, 0.2) is 0 Å². The number of carbonyl (C=O) groups excluding carboxylic acids is 1. The van der Waals surface area contributed by atoms with Gasteiger partial charge in [-0.1, -0.05) is 30.3 Å². The van der Waals surface area contributed by atoms with E-state index in [0.717, 1.165) is 42.9 Å². The molecule has 6 heteroatoms. The number of fused-ring (bicyclic) bond motifs is 2. The molecule has 1 aromatic heterocycles. The molecular weight excluding hydrogens is 352 g/mol. The molecule has 0 saturated carbocycles. The molecule has 0 radical (unpaired) electrons. The SMILES string of the molecule is CN(C)CC1CCCc2nc3c(c(=O)n21)CN(C(=O)Cc1ccccc1)CC3. The third-order valence-electron chi connectivity index (χ3n) is 5.76. The second-order valence-corrected chi connectivity index (χ2v) is 8.16. The van der Waals surface area contributed by atoms with E-state index in [1.165, 1.54) is 0 Å². The van der Waals surface area contributed by atoms with Crippen molar-refractivity contribution in [1.29, 1.82) is 0 Å². The smallest absolute Gasteiger partial charge is 0.259 e. The zero-order valence-corrected chi connectivity index (χ0v) is 16.7. The monoisotopic (exact) mass is 380 g/mol. The Kier molecular flexibility index (Phi) is 5.31. The molecule has 0 saturated heterocycles. The van der Waals surface area contributed by atoms with Crippen LogP contribution in [0.25, 0.3) is 0 Å². The second-order valence-electron chi connectivity index (χ2n) is 8.16. The van der Waals surface area contributed by atoms with Crippen LogP contribution in [0.3, 0.4) is 0 Å². The minimum atomic E-state index is 0.0590. The number of carbonyl (C=O) groups is 1. The topological polar surface area (TPSA) is 58.4 Å². The van der Waals surface area contributed by atoms with Gasteiger partial charge in [-0.2, -0.15) is 0 Å². The molecule has 0 aliphatic carbocycles. The molecule has 0 spiro atoms. The van der Waals surface area contributed by atoms with Crippen LogP contribution in [0.1, 0.15) is 41.5 Å². The van der Waals surface area contributed by atoms with Crippen molar-refractivity contribution in [2.75, 3.05) is 27.2 Å². The van der Waals surface area contributed by atoms with Crippen molar-refractivity contribution >= 4 is 5.91 Å². The summed E-state index contributed by atoms with van der Waals surface area (Å²) in [5, 5.41) is 0. The van der Waals surface area contributed by atoms with E-state index in [2.05, 4.69) is 4.90 Å². The fourth-order valence-electron chi connectivity index (χ4n) is 4.41. The molecular formula is C22H28N4O2. The van der Waals surface area contributed by atoms with Crippen molar-refractivity contribution in [2.45, 2.75) is 44.7 Å². The molecule has 2 aliphatic rings. The van der Waals surface area contributed by atoms with Gasteiger partial charge in [-0.05, 0) is 32.5 Å². The summed E-state index contributed by atoms with van der Waals surface area (Å²) in [7, 11) is 4.07. The Bertz CT molecular complexity index is 920. The Morgan fingerprint density at radius 3 is 2.75 bits per heavy atom. The number of aromatic nitrogens is 2. The van der Waals surface area contributed by atoms with Gasteiger partial charge in [-0.25, -0.2) is 4.98 Å². The molecule has 0 N–H and O–H groups in total. The summed E-state index contributed by atoms with van der Waals surface area (Å²) in [6.45, 7) is 1.85. The summed E-state index contributed by atoms with van der Waals surface area (Å²) in [6.07, 6.45) is 3.98. The molecule has 28 heavy (non-hydrogen) atoms. The number of rotatable bonds is 4. The van der Waals surface area contributed by atoms with E-state index in [4.69, 9.17) is 4.98 Å². The second kappa shape index (κ2) is 7.87. The normalized spacial score (nSPS) is 18.7. The molecule has 2 aromatic rings. The van der Waals surface area contributed by atoms with Gasteiger partial charge in [0.2, 0.25) is 5.91 Å². The molecule has 6 nitrogen and oxygen atoms in total. The lowest BCUT2D eigenvalue weighted by Gasteiger charge is -2.33. The summed E-state index contributed by atoms with van der Waals surface area (Å²) in [5.74, 6) is 0.995. The summed E-state index contributed by atoms with van der Waals surface area (Å²) < 4.78 is 1.91. The number of nitrogens with zero attached hydrogens (tertiary/aromatic N) is 4. The number of hydrogen-bond acceptors (Lipinski definition) is 4. The van der Waals surface area contributed by atoms with Crippen molar-refractivity contribution in [3.8, 4) is 0 Å². The standard InChI is InChI=1S/C22H28N4O2/c1-24(2)14-17-9-6-10-20-23-19-11-12-25(15-18(19)22(28)26(17)20)21(27)13-16-7-4-3-5-8-16/h3-5,7-8,17H,6,9-15H2,1-2H3. The first-order chi connectivity index (χ1) is 13.5. The summed E-state index contributed by atoms with van der Waals surface area (Å²) in [5.41, 5.74) is 2.67. The lowest BCUT2D eigenvalue weighted by Crippen LogP contribution is -2.45. The molecule has 2 aliphatic heterocycles. The number of hydrogen-bond donors (Lipinski definition) is 0. The first kappa shape index (κ1) is 18.9. The molecule has 0 fully saturated rings. The van der Waals surface area contributed by atoms with E-state index in [1.807, 2.05) is 53.9 Å². The van der Waals surface area contributed by atoms with Gasteiger partial charge in [0, 0.05) is 25.9 Å². The molecule has 148 valence electrons. The third kappa shape index (κ3) is 3.74. The Labute approximate surface area is 165 Å². The van der Waals surface area contributed by atoms with Gasteiger partial charge in [-0.3, -0.25) is 14.2 Å². The zero-order chi connectivity index (χ0) is 19.7. The maximum atomic E-state index is 13.3. The van der Waals surface area contributed by atoms with E-state index in [-0.39, 0.29) is 17.5 Å². The van der Waals surface area contributed by atoms with E-state index in [9.17, 15) is 9.59 Å². The van der Waals surface area contributed by atoms with Crippen LogP contribution < -0.4 is 5.56 Å². The molecule has 0 bridgehead atoms. The van der Waals surface area contributed by atoms with Crippen molar-refractivity contribution in [1.82, 2.24) is 19.4 Å². The van der Waals surface area contributed by atoms with Crippen LogP contribution in [0.5, 0.6) is 0 Å². The van der Waals surface area contributed by atoms with Crippen LogP contribution in [-0.4, -0.2) is 52.4 Å². The average molecular weight is 380 g/mol. The van der Waals surface area contributed by atoms with Crippen LogP contribution in [0, 0.1) is 0 Å². The van der Waals surface area contributed by atoms with E-state index >= 15 is 0 Å².